The average molecular weight is 231 g/mol. The van der Waals surface area contributed by atoms with Crippen molar-refractivity contribution in [2.45, 2.75) is 34.6 Å². The fourth-order valence-electron chi connectivity index (χ4n) is 1.05. The van der Waals surface area contributed by atoms with Gasteiger partial charge in [-0.15, -0.1) is 0 Å². The monoisotopic (exact) mass is 231 g/mol. The van der Waals surface area contributed by atoms with Crippen molar-refractivity contribution in [1.29, 1.82) is 0 Å². The molecule has 0 radical (unpaired) electrons. The predicted molar refractivity (Wildman–Crippen MR) is 72.7 cm³/mol. The summed E-state index contributed by atoms with van der Waals surface area (Å²) in [6.45, 7) is 9.95. The molecule has 0 aliphatic carbocycles. The molecule has 2 aromatic heterocycles. The SMILES string of the molecule is CC.CC.Cc1ccc(-c2ncccn2)cn1. The lowest BCUT2D eigenvalue weighted by Gasteiger charge is -1.97. The zero-order valence-corrected chi connectivity index (χ0v) is 11.3. The summed E-state index contributed by atoms with van der Waals surface area (Å²) in [5.41, 5.74) is 1.95. The zero-order chi connectivity index (χ0) is 13.1. The van der Waals surface area contributed by atoms with Gasteiger partial charge in [0.1, 0.15) is 0 Å². The minimum absolute atomic E-state index is 0.718. The van der Waals surface area contributed by atoms with Crippen LogP contribution < -0.4 is 0 Å². The van der Waals surface area contributed by atoms with Crippen LogP contribution >= 0.6 is 0 Å². The Morgan fingerprint density at radius 3 is 1.88 bits per heavy atom. The molecule has 0 saturated heterocycles. The van der Waals surface area contributed by atoms with E-state index >= 15 is 0 Å². The molecule has 17 heavy (non-hydrogen) atoms. The summed E-state index contributed by atoms with van der Waals surface area (Å²) in [5.74, 6) is 0.718. The molecule has 0 saturated carbocycles. The first-order chi connectivity index (χ1) is 8.36. The lowest BCUT2D eigenvalue weighted by molar-refractivity contribution is 1.14. The van der Waals surface area contributed by atoms with Crippen LogP contribution in [0.25, 0.3) is 11.4 Å². The molecule has 3 heteroatoms. The summed E-state index contributed by atoms with van der Waals surface area (Å²) in [6, 6.07) is 5.72. The Hall–Kier alpha value is -1.77. The van der Waals surface area contributed by atoms with Gasteiger partial charge in [0.15, 0.2) is 5.82 Å². The highest BCUT2D eigenvalue weighted by molar-refractivity contribution is 5.52. The van der Waals surface area contributed by atoms with E-state index in [1.54, 1.807) is 24.7 Å². The number of hydrogen-bond acceptors (Lipinski definition) is 3. The Balaban J connectivity index is 0.000000581. The maximum absolute atomic E-state index is 4.18. The van der Waals surface area contributed by atoms with Gasteiger partial charge in [-0.25, -0.2) is 9.97 Å². The Bertz CT molecular complexity index is 382. The molecule has 0 bridgehead atoms. The molecular weight excluding hydrogens is 210 g/mol. The van der Waals surface area contributed by atoms with Gasteiger partial charge in [0.25, 0.3) is 0 Å². The van der Waals surface area contributed by atoms with E-state index in [0.717, 1.165) is 17.1 Å². The van der Waals surface area contributed by atoms with E-state index < -0.39 is 0 Å². The fraction of sp³-hybridized carbons (Fsp3) is 0.357. The third-order valence-electron chi connectivity index (χ3n) is 1.74. The molecule has 2 heterocycles. The maximum atomic E-state index is 4.18. The van der Waals surface area contributed by atoms with Crippen LogP contribution in [0, 0.1) is 6.92 Å². The molecule has 0 fully saturated rings. The van der Waals surface area contributed by atoms with Gasteiger partial charge in [-0.05, 0) is 25.1 Å². The molecule has 0 aliphatic heterocycles. The quantitative estimate of drug-likeness (QED) is 0.747. The first-order valence-electron chi connectivity index (χ1n) is 6.06. The lowest BCUT2D eigenvalue weighted by Crippen LogP contribution is -1.88. The van der Waals surface area contributed by atoms with E-state index in [1.807, 2.05) is 46.8 Å². The fourth-order valence-corrected chi connectivity index (χ4v) is 1.05. The first-order valence-corrected chi connectivity index (χ1v) is 6.06. The largest absolute Gasteiger partial charge is 0.261 e. The molecule has 0 N–H and O–H groups in total. The van der Waals surface area contributed by atoms with Gasteiger partial charge < -0.3 is 0 Å². The van der Waals surface area contributed by atoms with E-state index in [1.165, 1.54) is 0 Å². The van der Waals surface area contributed by atoms with E-state index in [4.69, 9.17) is 0 Å². The third-order valence-corrected chi connectivity index (χ3v) is 1.74. The van der Waals surface area contributed by atoms with Gasteiger partial charge in [-0.3, -0.25) is 4.98 Å². The normalized spacial score (nSPS) is 8.29. The Morgan fingerprint density at radius 1 is 0.824 bits per heavy atom. The van der Waals surface area contributed by atoms with Crippen molar-refractivity contribution >= 4 is 0 Å². The Kier molecular flexibility index (Phi) is 8.47. The van der Waals surface area contributed by atoms with Gasteiger partial charge in [-0.1, -0.05) is 27.7 Å². The van der Waals surface area contributed by atoms with Gasteiger partial charge in [0.05, 0.1) is 0 Å². The van der Waals surface area contributed by atoms with E-state index in [-0.39, 0.29) is 0 Å². The van der Waals surface area contributed by atoms with Crippen LogP contribution in [0.15, 0.2) is 36.8 Å². The molecule has 92 valence electrons. The van der Waals surface area contributed by atoms with Crippen LogP contribution in [0.5, 0.6) is 0 Å². The number of rotatable bonds is 1. The number of pyridine rings is 1. The van der Waals surface area contributed by atoms with Crippen molar-refractivity contribution in [2.24, 2.45) is 0 Å². The molecule has 0 aliphatic rings. The van der Waals surface area contributed by atoms with E-state index in [0.29, 0.717) is 0 Å². The topological polar surface area (TPSA) is 38.7 Å². The summed E-state index contributed by atoms with van der Waals surface area (Å²) < 4.78 is 0. The second-order valence-electron chi connectivity index (χ2n) is 2.76. The molecular formula is C14H21N3. The van der Waals surface area contributed by atoms with E-state index in [9.17, 15) is 0 Å². The minimum Gasteiger partial charge on any atom is -0.261 e. The zero-order valence-electron chi connectivity index (χ0n) is 11.3. The van der Waals surface area contributed by atoms with Crippen molar-refractivity contribution < 1.29 is 0 Å². The molecule has 0 amide bonds. The molecule has 2 rings (SSSR count). The Morgan fingerprint density at radius 2 is 1.41 bits per heavy atom. The van der Waals surface area contributed by atoms with Crippen LogP contribution in [0.4, 0.5) is 0 Å². The predicted octanol–water partition coefficient (Wildman–Crippen LogP) is 3.90. The number of nitrogens with zero attached hydrogens (tertiary/aromatic N) is 3. The maximum Gasteiger partial charge on any atom is 0.160 e. The lowest BCUT2D eigenvalue weighted by atomic mass is 10.2. The molecule has 0 aromatic carbocycles. The molecule has 0 spiro atoms. The van der Waals surface area contributed by atoms with Crippen molar-refractivity contribution in [3.63, 3.8) is 0 Å². The highest BCUT2D eigenvalue weighted by atomic mass is 14.9. The van der Waals surface area contributed by atoms with Crippen LogP contribution in [0.3, 0.4) is 0 Å². The minimum atomic E-state index is 0.718. The van der Waals surface area contributed by atoms with Gasteiger partial charge in [-0.2, -0.15) is 0 Å². The van der Waals surface area contributed by atoms with Gasteiger partial charge in [0, 0.05) is 29.8 Å². The van der Waals surface area contributed by atoms with Gasteiger partial charge >= 0.3 is 0 Å². The summed E-state index contributed by atoms with van der Waals surface area (Å²) in [7, 11) is 0. The number of aromatic nitrogens is 3. The number of aryl methyl sites for hydroxylation is 1. The molecule has 0 atom stereocenters. The molecule has 0 unspecified atom stereocenters. The van der Waals surface area contributed by atoms with Crippen molar-refractivity contribution in [3.05, 3.63) is 42.5 Å². The second-order valence-corrected chi connectivity index (χ2v) is 2.76. The highest BCUT2D eigenvalue weighted by Gasteiger charge is 1.98. The van der Waals surface area contributed by atoms with E-state index in [2.05, 4.69) is 15.0 Å². The smallest absolute Gasteiger partial charge is 0.160 e. The first kappa shape index (κ1) is 15.2. The summed E-state index contributed by atoms with van der Waals surface area (Å²) in [4.78, 5) is 12.4. The van der Waals surface area contributed by atoms with Crippen LogP contribution in [0.1, 0.15) is 33.4 Å². The second kappa shape index (κ2) is 9.46. The highest BCUT2D eigenvalue weighted by Crippen LogP contribution is 2.11. The van der Waals surface area contributed by atoms with Gasteiger partial charge in [0.2, 0.25) is 0 Å². The van der Waals surface area contributed by atoms with Crippen molar-refractivity contribution in [2.75, 3.05) is 0 Å². The Labute approximate surface area is 104 Å². The standard InChI is InChI=1S/C10H9N3.2C2H6/c1-8-3-4-9(7-13-8)10-11-5-2-6-12-10;2*1-2/h2-7H,1H3;2*1-2H3. The van der Waals surface area contributed by atoms with Crippen molar-refractivity contribution in [1.82, 2.24) is 15.0 Å². The number of hydrogen-bond donors (Lipinski definition) is 0. The van der Waals surface area contributed by atoms with Crippen LogP contribution in [-0.2, 0) is 0 Å². The summed E-state index contributed by atoms with van der Waals surface area (Å²) >= 11 is 0. The third kappa shape index (κ3) is 5.20. The van der Waals surface area contributed by atoms with Crippen LogP contribution in [-0.4, -0.2) is 15.0 Å². The summed E-state index contributed by atoms with van der Waals surface area (Å²) in [5, 5.41) is 0. The molecule has 2 aromatic rings. The summed E-state index contributed by atoms with van der Waals surface area (Å²) in [6.07, 6.45) is 5.23. The molecule has 3 nitrogen and oxygen atoms in total. The van der Waals surface area contributed by atoms with Crippen LogP contribution in [0.2, 0.25) is 0 Å². The average Bonchev–Trinajstić information content (AvgIpc) is 2.45. The van der Waals surface area contributed by atoms with Crippen molar-refractivity contribution in [3.8, 4) is 11.4 Å².